The minimum atomic E-state index is -0.786. The molecule has 3 saturated heterocycles. The number of amides is 1. The molecular formula is C23H31N5O2. The van der Waals surface area contributed by atoms with Gasteiger partial charge in [0.2, 0.25) is 5.91 Å². The van der Waals surface area contributed by atoms with Crippen LogP contribution in [0.3, 0.4) is 0 Å². The zero-order valence-electron chi connectivity index (χ0n) is 17.4. The number of carbonyl (C=O) groups is 1. The number of rotatable bonds is 6. The summed E-state index contributed by atoms with van der Waals surface area (Å²) < 4.78 is 1.89. The first kappa shape index (κ1) is 19.7. The van der Waals surface area contributed by atoms with E-state index in [1.165, 1.54) is 0 Å². The third-order valence-corrected chi connectivity index (χ3v) is 7.37. The zero-order chi connectivity index (χ0) is 20.6. The van der Waals surface area contributed by atoms with E-state index in [2.05, 4.69) is 20.5 Å². The first-order valence-electron chi connectivity index (χ1n) is 11.3. The number of aromatic nitrogens is 3. The fourth-order valence-corrected chi connectivity index (χ4v) is 5.57. The van der Waals surface area contributed by atoms with Crippen LogP contribution in [0.4, 0.5) is 0 Å². The van der Waals surface area contributed by atoms with Gasteiger partial charge >= 0.3 is 0 Å². The molecule has 1 amide bonds. The Kier molecular flexibility index (Phi) is 5.33. The molecule has 3 aliphatic heterocycles. The van der Waals surface area contributed by atoms with Gasteiger partial charge in [-0.05, 0) is 43.7 Å². The van der Waals surface area contributed by atoms with Crippen LogP contribution in [0.15, 0.2) is 36.5 Å². The first-order valence-corrected chi connectivity index (χ1v) is 11.3. The van der Waals surface area contributed by atoms with E-state index in [0.29, 0.717) is 24.2 Å². The third kappa shape index (κ3) is 3.88. The van der Waals surface area contributed by atoms with Gasteiger partial charge in [-0.2, -0.15) is 0 Å². The number of hydrogen-bond acceptors (Lipinski definition) is 5. The maximum atomic E-state index is 12.8. The Hall–Kier alpha value is -2.25. The molecule has 1 saturated carbocycles. The Bertz CT molecular complexity index is 877. The van der Waals surface area contributed by atoms with Crippen LogP contribution in [-0.4, -0.2) is 50.0 Å². The minimum absolute atomic E-state index is 0.0734. The Balaban J connectivity index is 1.18. The summed E-state index contributed by atoms with van der Waals surface area (Å²) in [4.78, 5) is 15.3. The predicted molar refractivity (Wildman–Crippen MR) is 112 cm³/mol. The highest BCUT2D eigenvalue weighted by Crippen LogP contribution is 2.38. The smallest absolute Gasteiger partial charge is 0.224 e. The highest BCUT2D eigenvalue weighted by atomic mass is 16.3. The van der Waals surface area contributed by atoms with E-state index in [-0.39, 0.29) is 11.8 Å². The van der Waals surface area contributed by atoms with Crippen molar-refractivity contribution >= 4 is 5.91 Å². The molecule has 2 bridgehead atoms. The molecule has 160 valence electrons. The van der Waals surface area contributed by atoms with Crippen molar-refractivity contribution in [1.29, 1.82) is 0 Å². The minimum Gasteiger partial charge on any atom is -0.383 e. The van der Waals surface area contributed by atoms with Gasteiger partial charge in [0.15, 0.2) is 0 Å². The monoisotopic (exact) mass is 409 g/mol. The van der Waals surface area contributed by atoms with Gasteiger partial charge in [-0.1, -0.05) is 48.4 Å². The maximum absolute atomic E-state index is 12.8. The molecule has 0 spiro atoms. The predicted octanol–water partition coefficient (Wildman–Crippen LogP) is 2.07. The first-order chi connectivity index (χ1) is 14.6. The van der Waals surface area contributed by atoms with Crippen LogP contribution in [-0.2, 0) is 23.5 Å². The van der Waals surface area contributed by atoms with Gasteiger partial charge in [0.05, 0.1) is 18.7 Å². The van der Waals surface area contributed by atoms with E-state index < -0.39 is 5.60 Å². The second-order valence-electron chi connectivity index (χ2n) is 9.31. The highest BCUT2D eigenvalue weighted by Gasteiger charge is 2.43. The third-order valence-electron chi connectivity index (χ3n) is 7.37. The van der Waals surface area contributed by atoms with Crippen LogP contribution in [0.5, 0.6) is 0 Å². The summed E-state index contributed by atoms with van der Waals surface area (Å²) in [5.74, 6) is 0.681. The number of nitrogens with zero attached hydrogens (tertiary/aromatic N) is 4. The van der Waals surface area contributed by atoms with Crippen molar-refractivity contribution in [2.45, 2.75) is 63.3 Å². The van der Waals surface area contributed by atoms with Gasteiger partial charge in [-0.25, -0.2) is 0 Å². The average molecular weight is 410 g/mol. The SMILES string of the molecule is O=C(NCc1ccccc1)[C@H]1CN2CCC1C[C@@H]2Cn1cc(C2(O)CCCC2)nn1. The molecule has 7 nitrogen and oxygen atoms in total. The van der Waals surface area contributed by atoms with Crippen molar-refractivity contribution in [2.75, 3.05) is 13.1 Å². The molecule has 4 aliphatic rings. The fourth-order valence-electron chi connectivity index (χ4n) is 5.57. The van der Waals surface area contributed by atoms with Gasteiger partial charge in [0, 0.05) is 19.1 Å². The molecule has 6 rings (SSSR count). The van der Waals surface area contributed by atoms with E-state index in [1.54, 1.807) is 0 Å². The summed E-state index contributed by atoms with van der Waals surface area (Å²) in [5, 5.41) is 22.5. The largest absolute Gasteiger partial charge is 0.383 e. The molecule has 2 aromatic rings. The van der Waals surface area contributed by atoms with Crippen LogP contribution >= 0.6 is 0 Å². The van der Waals surface area contributed by atoms with Crippen LogP contribution in [0.1, 0.15) is 49.8 Å². The van der Waals surface area contributed by atoms with Gasteiger partial charge in [-0.3, -0.25) is 14.4 Å². The number of hydrogen-bond donors (Lipinski definition) is 2. The maximum Gasteiger partial charge on any atom is 0.224 e. The summed E-state index contributed by atoms with van der Waals surface area (Å²) in [6, 6.07) is 10.5. The van der Waals surface area contributed by atoms with Gasteiger partial charge in [0.1, 0.15) is 11.3 Å². The lowest BCUT2D eigenvalue weighted by Gasteiger charge is -2.49. The van der Waals surface area contributed by atoms with Crippen molar-refractivity contribution in [3.63, 3.8) is 0 Å². The number of aliphatic hydroxyl groups is 1. The second-order valence-corrected chi connectivity index (χ2v) is 9.31. The standard InChI is InChI=1S/C23H31N5O2/c29-22(24-13-17-6-2-1-3-7-17)20-15-27-11-8-18(20)12-19(27)14-28-16-21(25-26-28)23(30)9-4-5-10-23/h1-3,6-7,16,18-20,30H,4-5,8-15H2,(H,24,29)/t18?,19-,20+/m1/s1. The summed E-state index contributed by atoms with van der Waals surface area (Å²) in [6.45, 7) is 3.24. The van der Waals surface area contributed by atoms with E-state index in [4.69, 9.17) is 0 Å². The van der Waals surface area contributed by atoms with Crippen LogP contribution in [0, 0.1) is 11.8 Å². The van der Waals surface area contributed by atoms with Gasteiger partial charge < -0.3 is 10.4 Å². The summed E-state index contributed by atoms with van der Waals surface area (Å²) in [5.41, 5.74) is 1.07. The fraction of sp³-hybridized carbons (Fsp3) is 0.609. The summed E-state index contributed by atoms with van der Waals surface area (Å²) >= 11 is 0. The van der Waals surface area contributed by atoms with E-state index in [1.807, 2.05) is 41.2 Å². The molecule has 2 N–H and O–H groups in total. The quantitative estimate of drug-likeness (QED) is 0.763. The van der Waals surface area contributed by atoms with Crippen molar-refractivity contribution in [3.05, 3.63) is 47.8 Å². The number of piperidine rings is 3. The molecule has 4 fully saturated rings. The van der Waals surface area contributed by atoms with Gasteiger partial charge in [0.25, 0.3) is 0 Å². The molecule has 4 heterocycles. The Morgan fingerprint density at radius 2 is 2.03 bits per heavy atom. The molecule has 0 radical (unpaired) electrons. The summed E-state index contributed by atoms with van der Waals surface area (Å²) in [6.07, 6.45) is 7.69. The van der Waals surface area contributed by atoms with E-state index in [0.717, 1.165) is 63.7 Å². The van der Waals surface area contributed by atoms with E-state index >= 15 is 0 Å². The molecule has 1 aromatic carbocycles. The Labute approximate surface area is 177 Å². The Morgan fingerprint density at radius 1 is 1.23 bits per heavy atom. The number of benzene rings is 1. The highest BCUT2D eigenvalue weighted by molar-refractivity contribution is 5.79. The number of fused-ring (bicyclic) bond motifs is 3. The Morgan fingerprint density at radius 3 is 2.77 bits per heavy atom. The van der Waals surface area contributed by atoms with Gasteiger partial charge in [-0.15, -0.1) is 5.10 Å². The second kappa shape index (κ2) is 8.12. The van der Waals surface area contributed by atoms with Crippen molar-refractivity contribution < 1.29 is 9.90 Å². The topological polar surface area (TPSA) is 83.3 Å². The van der Waals surface area contributed by atoms with Crippen LogP contribution in [0.25, 0.3) is 0 Å². The van der Waals surface area contributed by atoms with E-state index in [9.17, 15) is 9.90 Å². The normalized spacial score (nSPS) is 29.8. The molecule has 7 heteroatoms. The van der Waals surface area contributed by atoms with Crippen molar-refractivity contribution in [3.8, 4) is 0 Å². The molecule has 1 aliphatic carbocycles. The van der Waals surface area contributed by atoms with Crippen molar-refractivity contribution in [2.24, 2.45) is 11.8 Å². The lowest BCUT2D eigenvalue weighted by Crippen LogP contribution is -2.58. The summed E-state index contributed by atoms with van der Waals surface area (Å²) in [7, 11) is 0. The molecular weight excluding hydrogens is 378 g/mol. The van der Waals surface area contributed by atoms with Crippen molar-refractivity contribution in [1.82, 2.24) is 25.2 Å². The molecule has 30 heavy (non-hydrogen) atoms. The molecule has 4 atom stereocenters. The van der Waals surface area contributed by atoms with Crippen LogP contribution in [0.2, 0.25) is 0 Å². The average Bonchev–Trinajstić information content (AvgIpc) is 3.43. The zero-order valence-corrected chi connectivity index (χ0v) is 17.4. The lowest BCUT2D eigenvalue weighted by atomic mass is 9.75. The lowest BCUT2D eigenvalue weighted by molar-refractivity contribution is -0.133. The number of carbonyl (C=O) groups excluding carboxylic acids is 1. The van der Waals surface area contributed by atoms with Crippen LogP contribution < -0.4 is 5.32 Å². The number of nitrogens with one attached hydrogen (secondary N) is 1. The molecule has 2 unspecified atom stereocenters. The molecule has 1 aromatic heterocycles.